The first-order valence-electron chi connectivity index (χ1n) is 12.5. The lowest BCUT2D eigenvalue weighted by molar-refractivity contribution is -0.131. The fourth-order valence-corrected chi connectivity index (χ4v) is 3.71. The lowest BCUT2D eigenvalue weighted by Crippen LogP contribution is -2.54. The van der Waals surface area contributed by atoms with E-state index in [4.69, 9.17) is 0 Å². The van der Waals surface area contributed by atoms with Crippen molar-refractivity contribution in [3.63, 3.8) is 0 Å². The van der Waals surface area contributed by atoms with Gasteiger partial charge in [0.05, 0.1) is 12.0 Å². The van der Waals surface area contributed by atoms with E-state index < -0.39 is 47.3 Å². The Morgan fingerprint density at radius 3 is 2.36 bits per heavy atom. The number of fused-ring (bicyclic) bond motifs is 1. The van der Waals surface area contributed by atoms with E-state index in [-0.39, 0.29) is 23.9 Å². The minimum atomic E-state index is -1.28. The van der Waals surface area contributed by atoms with Gasteiger partial charge < -0.3 is 26.3 Å². The highest BCUT2D eigenvalue weighted by Gasteiger charge is 2.28. The highest BCUT2D eigenvalue weighted by molar-refractivity contribution is 6.08. The summed E-state index contributed by atoms with van der Waals surface area (Å²) in [6.45, 7) is 7.36. The minimum absolute atomic E-state index is 0.0719. The van der Waals surface area contributed by atoms with Crippen molar-refractivity contribution in [1.82, 2.24) is 26.3 Å². The maximum absolute atomic E-state index is 13.9. The number of hydrogen-bond acceptors (Lipinski definition) is 4. The molecule has 208 valence electrons. The van der Waals surface area contributed by atoms with Gasteiger partial charge in [-0.2, -0.15) is 0 Å². The molecule has 39 heavy (non-hydrogen) atoms. The number of carbonyl (C=O) groups excluding carboxylic acids is 4. The first-order valence-corrected chi connectivity index (χ1v) is 12.5. The predicted octanol–water partition coefficient (Wildman–Crippen LogP) is 2.92. The molecule has 1 heterocycles. The van der Waals surface area contributed by atoms with Crippen molar-refractivity contribution in [3.8, 4) is 0 Å². The predicted molar refractivity (Wildman–Crippen MR) is 142 cm³/mol. The molecule has 1 aromatic heterocycles. The maximum Gasteiger partial charge on any atom is 0.254 e. The van der Waals surface area contributed by atoms with Crippen LogP contribution in [0.15, 0.2) is 48.7 Å². The summed E-state index contributed by atoms with van der Waals surface area (Å²) in [6.07, 6.45) is 1.16. The van der Waals surface area contributed by atoms with Gasteiger partial charge in [0.2, 0.25) is 17.7 Å². The SMILES string of the molecule is C[C@H](NC(=O)[C@H](CC(=O)NCC(C)(C)C)NC(=O)c1c[nH]c2ccccc12)C(=O)NCc1ccc(F)cc1F. The van der Waals surface area contributed by atoms with Gasteiger partial charge in [-0.05, 0) is 24.5 Å². The average Bonchev–Trinajstić information content (AvgIpc) is 3.30. The van der Waals surface area contributed by atoms with Crippen LogP contribution in [0.5, 0.6) is 0 Å². The van der Waals surface area contributed by atoms with E-state index in [1.54, 1.807) is 18.2 Å². The van der Waals surface area contributed by atoms with Crippen LogP contribution in [-0.2, 0) is 20.9 Å². The number of para-hydroxylation sites is 1. The van der Waals surface area contributed by atoms with Crippen LogP contribution >= 0.6 is 0 Å². The Bertz CT molecular complexity index is 1370. The normalized spacial score (nSPS) is 12.9. The molecule has 4 amide bonds. The molecule has 0 aliphatic rings. The molecule has 0 fully saturated rings. The van der Waals surface area contributed by atoms with Gasteiger partial charge in [0.15, 0.2) is 0 Å². The Balaban J connectivity index is 1.68. The second-order valence-electron chi connectivity index (χ2n) is 10.5. The monoisotopic (exact) mass is 541 g/mol. The Kier molecular flexibility index (Phi) is 9.39. The quantitative estimate of drug-likeness (QED) is 0.270. The highest BCUT2D eigenvalue weighted by atomic mass is 19.1. The van der Waals surface area contributed by atoms with Crippen molar-refractivity contribution in [1.29, 1.82) is 0 Å². The standard InChI is InChI=1S/C28H33F2N5O4/c1-16(25(37)32-13-17-9-10-18(29)11-21(17)30)34-27(39)23(12-24(36)33-15-28(2,3)4)35-26(38)20-14-31-22-8-6-5-7-19(20)22/h5-11,14,16,23,31H,12-13,15H2,1-4H3,(H,32,37)(H,33,36)(H,34,39)(H,35,38)/t16-,23-/m0/s1. The summed E-state index contributed by atoms with van der Waals surface area (Å²) in [5.41, 5.74) is 0.903. The average molecular weight is 542 g/mol. The van der Waals surface area contributed by atoms with Crippen LogP contribution < -0.4 is 21.3 Å². The summed E-state index contributed by atoms with van der Waals surface area (Å²) >= 11 is 0. The molecule has 0 unspecified atom stereocenters. The second kappa shape index (κ2) is 12.5. The molecule has 0 saturated heterocycles. The van der Waals surface area contributed by atoms with Gasteiger partial charge in [0, 0.05) is 41.8 Å². The zero-order chi connectivity index (χ0) is 28.7. The number of rotatable bonds is 10. The molecule has 11 heteroatoms. The van der Waals surface area contributed by atoms with E-state index in [1.165, 1.54) is 19.2 Å². The van der Waals surface area contributed by atoms with Gasteiger partial charge in [-0.15, -0.1) is 0 Å². The van der Waals surface area contributed by atoms with Crippen molar-refractivity contribution >= 4 is 34.5 Å². The molecule has 2 atom stereocenters. The molecule has 2 aromatic carbocycles. The number of nitrogens with one attached hydrogen (secondary N) is 5. The lowest BCUT2D eigenvalue weighted by Gasteiger charge is -2.23. The van der Waals surface area contributed by atoms with E-state index in [1.807, 2.05) is 26.8 Å². The van der Waals surface area contributed by atoms with E-state index in [0.717, 1.165) is 11.6 Å². The molecular weight excluding hydrogens is 508 g/mol. The molecule has 0 saturated carbocycles. The molecule has 0 spiro atoms. The summed E-state index contributed by atoms with van der Waals surface area (Å²) < 4.78 is 27.0. The zero-order valence-electron chi connectivity index (χ0n) is 22.3. The molecule has 9 nitrogen and oxygen atoms in total. The van der Waals surface area contributed by atoms with Gasteiger partial charge >= 0.3 is 0 Å². The number of amides is 4. The van der Waals surface area contributed by atoms with Crippen molar-refractivity contribution < 1.29 is 28.0 Å². The van der Waals surface area contributed by atoms with Gasteiger partial charge in [0.1, 0.15) is 23.7 Å². The number of halogens is 2. The number of H-pyrrole nitrogens is 1. The summed E-state index contributed by atoms with van der Waals surface area (Å²) in [4.78, 5) is 54.4. The molecule has 0 bridgehead atoms. The first-order chi connectivity index (χ1) is 18.3. The molecule has 3 aromatic rings. The number of carbonyl (C=O) groups is 4. The van der Waals surface area contributed by atoms with Crippen molar-refractivity contribution in [3.05, 3.63) is 71.4 Å². The van der Waals surface area contributed by atoms with E-state index >= 15 is 0 Å². The first kappa shape index (κ1) is 29.3. The Morgan fingerprint density at radius 2 is 1.67 bits per heavy atom. The maximum atomic E-state index is 13.9. The summed E-state index contributed by atoms with van der Waals surface area (Å²) in [5, 5.41) is 11.0. The molecular formula is C28H33F2N5O4. The zero-order valence-corrected chi connectivity index (χ0v) is 22.3. The van der Waals surface area contributed by atoms with Crippen LogP contribution in [0.2, 0.25) is 0 Å². The van der Waals surface area contributed by atoms with Crippen molar-refractivity contribution in [2.45, 2.75) is 52.7 Å². The number of aromatic amines is 1. The van der Waals surface area contributed by atoms with Crippen LogP contribution in [0.25, 0.3) is 10.9 Å². The van der Waals surface area contributed by atoms with Gasteiger partial charge in [-0.25, -0.2) is 8.78 Å². The minimum Gasteiger partial charge on any atom is -0.360 e. The Labute approximate surface area is 225 Å². The van der Waals surface area contributed by atoms with E-state index in [0.29, 0.717) is 23.6 Å². The summed E-state index contributed by atoms with van der Waals surface area (Å²) in [7, 11) is 0. The third kappa shape index (κ3) is 8.36. The summed E-state index contributed by atoms with van der Waals surface area (Å²) in [5.74, 6) is -3.95. The highest BCUT2D eigenvalue weighted by Crippen LogP contribution is 2.18. The van der Waals surface area contributed by atoms with Crippen LogP contribution in [0.3, 0.4) is 0 Å². The fraction of sp³-hybridized carbons (Fsp3) is 0.357. The molecule has 3 rings (SSSR count). The van der Waals surface area contributed by atoms with E-state index in [9.17, 15) is 28.0 Å². The van der Waals surface area contributed by atoms with Gasteiger partial charge in [-0.3, -0.25) is 19.2 Å². The van der Waals surface area contributed by atoms with Gasteiger partial charge in [-0.1, -0.05) is 45.0 Å². The summed E-state index contributed by atoms with van der Waals surface area (Å²) in [6, 6.07) is 7.77. The smallest absolute Gasteiger partial charge is 0.254 e. The van der Waals surface area contributed by atoms with Crippen LogP contribution in [0.4, 0.5) is 8.78 Å². The second-order valence-corrected chi connectivity index (χ2v) is 10.5. The number of hydrogen-bond donors (Lipinski definition) is 5. The van der Waals surface area contributed by atoms with E-state index in [2.05, 4.69) is 26.3 Å². The topological polar surface area (TPSA) is 132 Å². The molecule has 0 aliphatic heterocycles. The Morgan fingerprint density at radius 1 is 0.949 bits per heavy atom. The van der Waals surface area contributed by atoms with Crippen molar-refractivity contribution in [2.75, 3.05) is 6.54 Å². The van der Waals surface area contributed by atoms with Crippen molar-refractivity contribution in [2.24, 2.45) is 5.41 Å². The van der Waals surface area contributed by atoms with Crippen LogP contribution in [0, 0.1) is 17.0 Å². The molecule has 0 aliphatic carbocycles. The molecule has 5 N–H and O–H groups in total. The molecule has 0 radical (unpaired) electrons. The fourth-order valence-electron chi connectivity index (χ4n) is 3.71. The lowest BCUT2D eigenvalue weighted by atomic mass is 9.97. The number of aromatic nitrogens is 1. The Hall–Kier alpha value is -4.28. The third-order valence-corrected chi connectivity index (χ3v) is 5.88. The third-order valence-electron chi connectivity index (χ3n) is 5.88. The van der Waals surface area contributed by atoms with Crippen LogP contribution in [-0.4, -0.2) is 47.2 Å². The van der Waals surface area contributed by atoms with Gasteiger partial charge in [0.25, 0.3) is 5.91 Å². The number of benzene rings is 2. The largest absolute Gasteiger partial charge is 0.360 e. The van der Waals surface area contributed by atoms with Crippen LogP contribution in [0.1, 0.15) is 50.0 Å².